The van der Waals surface area contributed by atoms with E-state index in [0.717, 1.165) is 0 Å². The molecular weight excluding hydrogens is 364 g/mol. The molecule has 1 aromatic carbocycles. The van der Waals surface area contributed by atoms with Crippen LogP contribution in [0.25, 0.3) is 0 Å². The first-order valence-corrected chi connectivity index (χ1v) is 9.81. The largest absolute Gasteiger partial charge is 0.371 e. The Hall–Kier alpha value is -2.00. The average molecular weight is 388 g/mol. The molecule has 1 aromatic rings. The number of hydrogen-bond donors (Lipinski definition) is 0. The number of ether oxygens (including phenoxy) is 4. The zero-order valence-electron chi connectivity index (χ0n) is 15.6. The van der Waals surface area contributed by atoms with Crippen LogP contribution < -0.4 is 0 Å². The fraction of sp³-hybridized carbons (Fsp3) is 0.600. The molecule has 4 aliphatic heterocycles. The van der Waals surface area contributed by atoms with Crippen molar-refractivity contribution in [1.29, 1.82) is 0 Å². The van der Waals surface area contributed by atoms with Gasteiger partial charge in [0.2, 0.25) is 0 Å². The Morgan fingerprint density at radius 2 is 1.04 bits per heavy atom. The molecule has 4 aliphatic rings. The molecule has 28 heavy (non-hydrogen) atoms. The number of hydrogen-bond acceptors (Lipinski definition) is 6. The zero-order valence-corrected chi connectivity index (χ0v) is 15.6. The van der Waals surface area contributed by atoms with Gasteiger partial charge in [0.05, 0.1) is 50.8 Å². The Balaban J connectivity index is 1.30. The highest BCUT2D eigenvalue weighted by Crippen LogP contribution is 2.21. The molecule has 4 atom stereocenters. The van der Waals surface area contributed by atoms with Gasteiger partial charge in [-0.15, -0.1) is 0 Å². The normalized spacial score (nSPS) is 29.1. The maximum Gasteiger partial charge on any atom is 0.254 e. The molecule has 0 bridgehead atoms. The third-order valence-corrected chi connectivity index (χ3v) is 5.24. The topological polar surface area (TPSA) is 90.7 Å². The highest BCUT2D eigenvalue weighted by Gasteiger charge is 2.35. The summed E-state index contributed by atoms with van der Waals surface area (Å²) < 4.78 is 21.1. The summed E-state index contributed by atoms with van der Waals surface area (Å²) in [5, 5.41) is 0. The summed E-state index contributed by atoms with van der Waals surface area (Å²) in [5.74, 6) is -0.188. The van der Waals surface area contributed by atoms with Crippen LogP contribution in [0.5, 0.6) is 0 Å². The number of carbonyl (C=O) groups excluding carboxylic acids is 2. The van der Waals surface area contributed by atoms with E-state index in [1.165, 1.54) is 0 Å². The van der Waals surface area contributed by atoms with Gasteiger partial charge in [-0.25, -0.2) is 0 Å². The second-order valence-corrected chi connectivity index (χ2v) is 7.82. The Morgan fingerprint density at radius 1 is 0.714 bits per heavy atom. The summed E-state index contributed by atoms with van der Waals surface area (Å²) in [4.78, 5) is 29.6. The summed E-state index contributed by atoms with van der Waals surface area (Å²) in [6.45, 7) is 4.99. The van der Waals surface area contributed by atoms with E-state index in [-0.39, 0.29) is 36.2 Å². The molecule has 150 valence electrons. The number of amides is 2. The van der Waals surface area contributed by atoms with Gasteiger partial charge in [-0.05, 0) is 18.2 Å². The van der Waals surface area contributed by atoms with Crippen molar-refractivity contribution < 1.29 is 28.5 Å². The average Bonchev–Trinajstić information content (AvgIpc) is 3.56. The highest BCUT2D eigenvalue weighted by atomic mass is 16.6. The molecule has 0 aliphatic carbocycles. The van der Waals surface area contributed by atoms with Crippen molar-refractivity contribution in [2.75, 3.05) is 52.6 Å². The van der Waals surface area contributed by atoms with Crippen LogP contribution in [0.4, 0.5) is 0 Å². The third kappa shape index (κ3) is 4.70. The Morgan fingerprint density at radius 3 is 1.32 bits per heavy atom. The van der Waals surface area contributed by atoms with Crippen LogP contribution >= 0.6 is 0 Å². The van der Waals surface area contributed by atoms with Crippen LogP contribution in [0.1, 0.15) is 20.7 Å². The Bertz CT molecular complexity index is 668. The number of rotatable bonds is 10. The fourth-order valence-electron chi connectivity index (χ4n) is 3.31. The number of benzene rings is 1. The lowest BCUT2D eigenvalue weighted by molar-refractivity contribution is 0.0726. The lowest BCUT2D eigenvalue weighted by Crippen LogP contribution is -2.38. The van der Waals surface area contributed by atoms with Crippen molar-refractivity contribution in [1.82, 2.24) is 9.80 Å². The van der Waals surface area contributed by atoms with Crippen LogP contribution in [0.15, 0.2) is 24.3 Å². The van der Waals surface area contributed by atoms with Gasteiger partial charge in [-0.2, -0.15) is 0 Å². The van der Waals surface area contributed by atoms with Crippen LogP contribution in [0.2, 0.25) is 0 Å². The minimum atomic E-state index is -0.0942. The van der Waals surface area contributed by atoms with E-state index in [2.05, 4.69) is 0 Å². The second kappa shape index (κ2) is 7.44. The molecule has 0 aromatic heterocycles. The summed E-state index contributed by atoms with van der Waals surface area (Å²) >= 11 is 0. The van der Waals surface area contributed by atoms with Crippen LogP contribution in [0, 0.1) is 0 Å². The first-order chi connectivity index (χ1) is 13.7. The van der Waals surface area contributed by atoms with Crippen molar-refractivity contribution >= 4 is 11.8 Å². The molecule has 2 amide bonds. The van der Waals surface area contributed by atoms with Gasteiger partial charge in [0, 0.05) is 37.3 Å². The summed E-state index contributed by atoms with van der Waals surface area (Å²) in [6, 6.07) is 6.96. The number of carbonyl (C=O) groups is 2. The standard InChI is InChI=1S/C20H24N2O6/c23-19(21(5-15-9-25-15)6-16-10-26-16)13-2-1-3-14(4-13)20(24)22(7-17-11-27-17)8-18-12-28-18/h1-4,15-18H,5-12H2. The number of nitrogens with zero attached hydrogens (tertiary/aromatic N) is 2. The highest BCUT2D eigenvalue weighted by molar-refractivity contribution is 5.99. The summed E-state index contributed by atoms with van der Waals surface area (Å²) in [7, 11) is 0. The molecule has 8 heteroatoms. The van der Waals surface area contributed by atoms with Gasteiger partial charge in [-0.3, -0.25) is 9.59 Å². The molecule has 0 N–H and O–H groups in total. The Labute approximate surface area is 163 Å². The fourth-order valence-corrected chi connectivity index (χ4v) is 3.31. The monoisotopic (exact) mass is 388 g/mol. The second-order valence-electron chi connectivity index (χ2n) is 7.82. The minimum Gasteiger partial charge on any atom is -0.371 e. The number of epoxide rings is 4. The van der Waals surface area contributed by atoms with E-state index >= 15 is 0 Å². The van der Waals surface area contributed by atoms with E-state index in [4.69, 9.17) is 18.9 Å². The van der Waals surface area contributed by atoms with Gasteiger partial charge in [0.25, 0.3) is 11.8 Å². The van der Waals surface area contributed by atoms with Crippen LogP contribution in [0.3, 0.4) is 0 Å². The van der Waals surface area contributed by atoms with E-state index in [0.29, 0.717) is 63.7 Å². The van der Waals surface area contributed by atoms with Gasteiger partial charge >= 0.3 is 0 Å². The van der Waals surface area contributed by atoms with Gasteiger partial charge < -0.3 is 28.7 Å². The van der Waals surface area contributed by atoms with Gasteiger partial charge in [0.1, 0.15) is 0 Å². The van der Waals surface area contributed by atoms with E-state index in [1.807, 2.05) is 0 Å². The predicted octanol–water partition coefficient (Wildman–Crippen LogP) is 0.166. The molecule has 4 unspecified atom stereocenters. The van der Waals surface area contributed by atoms with Crippen LogP contribution in [-0.2, 0) is 18.9 Å². The molecule has 0 radical (unpaired) electrons. The maximum atomic E-state index is 13.0. The van der Waals surface area contributed by atoms with Crippen molar-refractivity contribution in [3.63, 3.8) is 0 Å². The lowest BCUT2D eigenvalue weighted by Gasteiger charge is -2.23. The maximum absolute atomic E-state index is 13.0. The summed E-state index contributed by atoms with van der Waals surface area (Å²) in [5.41, 5.74) is 1.02. The van der Waals surface area contributed by atoms with E-state index < -0.39 is 0 Å². The third-order valence-electron chi connectivity index (χ3n) is 5.24. The predicted molar refractivity (Wildman–Crippen MR) is 97.2 cm³/mol. The molecule has 5 rings (SSSR count). The smallest absolute Gasteiger partial charge is 0.254 e. The lowest BCUT2D eigenvalue weighted by atomic mass is 10.1. The molecule has 4 fully saturated rings. The molecule has 4 saturated heterocycles. The molecule has 0 spiro atoms. The van der Waals surface area contributed by atoms with Crippen LogP contribution in [-0.4, -0.2) is 98.6 Å². The molecular formula is C20H24N2O6. The summed E-state index contributed by atoms with van der Waals surface area (Å²) in [6.07, 6.45) is 0.445. The quantitative estimate of drug-likeness (QED) is 0.531. The van der Waals surface area contributed by atoms with Crippen molar-refractivity contribution in [3.8, 4) is 0 Å². The molecule has 8 nitrogen and oxygen atoms in total. The van der Waals surface area contributed by atoms with Crippen molar-refractivity contribution in [2.24, 2.45) is 0 Å². The van der Waals surface area contributed by atoms with Crippen molar-refractivity contribution in [2.45, 2.75) is 24.4 Å². The van der Waals surface area contributed by atoms with Gasteiger partial charge in [-0.1, -0.05) is 6.07 Å². The van der Waals surface area contributed by atoms with Gasteiger partial charge in [0.15, 0.2) is 0 Å². The van der Waals surface area contributed by atoms with E-state index in [1.54, 1.807) is 34.1 Å². The first kappa shape index (κ1) is 18.1. The minimum absolute atomic E-state index is 0.0942. The zero-order chi connectivity index (χ0) is 19.1. The molecule has 4 heterocycles. The SMILES string of the molecule is O=C(c1cccc(C(=O)N(CC2CO2)CC2CO2)c1)N(CC1CO1)CC1CO1. The first-order valence-electron chi connectivity index (χ1n) is 9.81. The Kier molecular flexibility index (Phi) is 4.80. The van der Waals surface area contributed by atoms with E-state index in [9.17, 15) is 9.59 Å². The van der Waals surface area contributed by atoms with Crippen molar-refractivity contribution in [3.05, 3.63) is 35.4 Å². The molecule has 0 saturated carbocycles.